The van der Waals surface area contributed by atoms with Gasteiger partial charge in [-0.3, -0.25) is 4.79 Å². The molecule has 0 aromatic heterocycles. The molecule has 3 rings (SSSR count). The lowest BCUT2D eigenvalue weighted by molar-refractivity contribution is -0.132. The standard InChI is InChI=1S/C20H22BrNO2/c1-22(19-12-11-15-6-2-3-9-18(15)19)20(23)10-5-13-24-17-8-4-7-16(21)14-17/h2-4,6-9,14,19H,5,10-13H2,1H3. The Morgan fingerprint density at radius 2 is 2.08 bits per heavy atom. The number of benzene rings is 2. The Kier molecular flexibility index (Phi) is 5.56. The van der Waals surface area contributed by atoms with Crippen molar-refractivity contribution in [3.8, 4) is 5.75 Å². The normalized spacial score (nSPS) is 15.8. The molecule has 1 atom stereocenters. The zero-order valence-electron chi connectivity index (χ0n) is 13.9. The summed E-state index contributed by atoms with van der Waals surface area (Å²) < 4.78 is 6.69. The molecule has 0 radical (unpaired) electrons. The van der Waals surface area contributed by atoms with Crippen molar-refractivity contribution in [2.45, 2.75) is 31.7 Å². The highest BCUT2D eigenvalue weighted by atomic mass is 79.9. The molecule has 0 fully saturated rings. The molecule has 1 amide bonds. The third kappa shape index (κ3) is 3.99. The predicted octanol–water partition coefficient (Wildman–Crippen LogP) is 4.75. The number of ether oxygens (including phenoxy) is 1. The Morgan fingerprint density at radius 1 is 1.25 bits per heavy atom. The van der Waals surface area contributed by atoms with Gasteiger partial charge in [0.05, 0.1) is 12.6 Å². The van der Waals surface area contributed by atoms with Crippen LogP contribution in [0.2, 0.25) is 0 Å². The molecule has 3 nitrogen and oxygen atoms in total. The quantitative estimate of drug-likeness (QED) is 0.669. The van der Waals surface area contributed by atoms with E-state index in [4.69, 9.17) is 4.74 Å². The molecule has 24 heavy (non-hydrogen) atoms. The van der Waals surface area contributed by atoms with Gasteiger partial charge in [0.15, 0.2) is 0 Å². The van der Waals surface area contributed by atoms with Gasteiger partial charge in [0.2, 0.25) is 5.91 Å². The van der Waals surface area contributed by atoms with Crippen LogP contribution in [0.1, 0.15) is 36.4 Å². The van der Waals surface area contributed by atoms with Gasteiger partial charge < -0.3 is 9.64 Å². The minimum absolute atomic E-state index is 0.189. The van der Waals surface area contributed by atoms with Crippen LogP contribution in [-0.2, 0) is 11.2 Å². The third-order valence-electron chi connectivity index (χ3n) is 4.56. The molecule has 126 valence electrons. The number of aryl methyl sites for hydroxylation is 1. The van der Waals surface area contributed by atoms with E-state index in [1.165, 1.54) is 11.1 Å². The van der Waals surface area contributed by atoms with Crippen molar-refractivity contribution in [1.29, 1.82) is 0 Å². The van der Waals surface area contributed by atoms with Gasteiger partial charge in [-0.05, 0) is 48.6 Å². The van der Waals surface area contributed by atoms with Crippen LogP contribution in [0.5, 0.6) is 5.75 Å². The number of halogens is 1. The molecule has 2 aromatic carbocycles. The summed E-state index contributed by atoms with van der Waals surface area (Å²) >= 11 is 3.42. The van der Waals surface area contributed by atoms with Crippen molar-refractivity contribution in [3.63, 3.8) is 0 Å². The molecular formula is C20H22BrNO2. The second-order valence-corrected chi connectivity index (χ2v) is 7.08. The van der Waals surface area contributed by atoms with E-state index < -0.39 is 0 Å². The SMILES string of the molecule is CN(C(=O)CCCOc1cccc(Br)c1)C1CCc2ccccc21. The third-order valence-corrected chi connectivity index (χ3v) is 5.06. The Balaban J connectivity index is 1.47. The van der Waals surface area contributed by atoms with Crippen LogP contribution in [0.4, 0.5) is 0 Å². The minimum atomic E-state index is 0.189. The number of carbonyl (C=O) groups excluding carboxylic acids is 1. The first-order valence-electron chi connectivity index (χ1n) is 8.37. The van der Waals surface area contributed by atoms with E-state index in [0.29, 0.717) is 13.0 Å². The summed E-state index contributed by atoms with van der Waals surface area (Å²) in [6.07, 6.45) is 3.33. The first-order chi connectivity index (χ1) is 11.6. The molecular weight excluding hydrogens is 366 g/mol. The summed E-state index contributed by atoms with van der Waals surface area (Å²) in [6, 6.07) is 16.4. The fraction of sp³-hybridized carbons (Fsp3) is 0.350. The smallest absolute Gasteiger partial charge is 0.222 e. The van der Waals surface area contributed by atoms with E-state index >= 15 is 0 Å². The summed E-state index contributed by atoms with van der Waals surface area (Å²) in [6.45, 7) is 0.553. The van der Waals surface area contributed by atoms with Crippen LogP contribution in [0.15, 0.2) is 53.0 Å². The minimum Gasteiger partial charge on any atom is -0.494 e. The second-order valence-electron chi connectivity index (χ2n) is 6.17. The summed E-state index contributed by atoms with van der Waals surface area (Å²) in [5, 5.41) is 0. The Bertz CT molecular complexity index is 716. The van der Waals surface area contributed by atoms with Gasteiger partial charge in [-0.15, -0.1) is 0 Å². The maximum atomic E-state index is 12.5. The van der Waals surface area contributed by atoms with Crippen molar-refractivity contribution >= 4 is 21.8 Å². The highest BCUT2D eigenvalue weighted by molar-refractivity contribution is 9.10. The first-order valence-corrected chi connectivity index (χ1v) is 9.16. The lowest BCUT2D eigenvalue weighted by Gasteiger charge is -2.25. The van der Waals surface area contributed by atoms with Crippen LogP contribution in [0.25, 0.3) is 0 Å². The highest BCUT2D eigenvalue weighted by Crippen LogP contribution is 2.35. The lowest BCUT2D eigenvalue weighted by Crippen LogP contribution is -2.30. The molecule has 0 bridgehead atoms. The van der Waals surface area contributed by atoms with Crippen LogP contribution >= 0.6 is 15.9 Å². The van der Waals surface area contributed by atoms with E-state index in [2.05, 4.69) is 40.2 Å². The molecule has 0 saturated heterocycles. The Hall–Kier alpha value is -1.81. The highest BCUT2D eigenvalue weighted by Gasteiger charge is 2.27. The summed E-state index contributed by atoms with van der Waals surface area (Å²) in [4.78, 5) is 14.4. The van der Waals surface area contributed by atoms with Gasteiger partial charge in [-0.2, -0.15) is 0 Å². The van der Waals surface area contributed by atoms with Gasteiger partial charge in [0.25, 0.3) is 0 Å². The number of hydrogen-bond acceptors (Lipinski definition) is 2. The number of nitrogens with zero attached hydrogens (tertiary/aromatic N) is 1. The largest absolute Gasteiger partial charge is 0.494 e. The summed E-state index contributed by atoms with van der Waals surface area (Å²) in [5.74, 6) is 1.02. The summed E-state index contributed by atoms with van der Waals surface area (Å²) in [5.41, 5.74) is 2.68. The molecule has 1 unspecified atom stereocenters. The number of fused-ring (bicyclic) bond motifs is 1. The van der Waals surface area contributed by atoms with Crippen molar-refractivity contribution in [2.75, 3.05) is 13.7 Å². The monoisotopic (exact) mass is 387 g/mol. The zero-order valence-corrected chi connectivity index (χ0v) is 15.5. The van der Waals surface area contributed by atoms with E-state index in [0.717, 1.165) is 29.5 Å². The molecule has 1 aliphatic rings. The van der Waals surface area contributed by atoms with Crippen LogP contribution < -0.4 is 4.74 Å². The van der Waals surface area contributed by atoms with Crippen molar-refractivity contribution in [1.82, 2.24) is 4.90 Å². The fourth-order valence-corrected chi connectivity index (χ4v) is 3.64. The van der Waals surface area contributed by atoms with Crippen molar-refractivity contribution in [2.24, 2.45) is 0 Å². The number of hydrogen-bond donors (Lipinski definition) is 0. The molecule has 0 N–H and O–H groups in total. The van der Waals surface area contributed by atoms with E-state index in [9.17, 15) is 4.79 Å². The molecule has 0 spiro atoms. The maximum Gasteiger partial charge on any atom is 0.222 e. The average Bonchev–Trinajstić information content (AvgIpc) is 3.02. The zero-order chi connectivity index (χ0) is 16.9. The molecule has 0 heterocycles. The summed E-state index contributed by atoms with van der Waals surface area (Å²) in [7, 11) is 1.92. The van der Waals surface area contributed by atoms with Gasteiger partial charge >= 0.3 is 0 Å². The van der Waals surface area contributed by atoms with E-state index in [1.807, 2.05) is 36.2 Å². The Morgan fingerprint density at radius 3 is 2.92 bits per heavy atom. The van der Waals surface area contributed by atoms with Crippen molar-refractivity contribution < 1.29 is 9.53 Å². The van der Waals surface area contributed by atoms with Gasteiger partial charge in [-0.25, -0.2) is 0 Å². The fourth-order valence-electron chi connectivity index (χ4n) is 3.26. The van der Waals surface area contributed by atoms with Gasteiger partial charge in [-0.1, -0.05) is 46.3 Å². The second kappa shape index (κ2) is 7.84. The van der Waals surface area contributed by atoms with E-state index in [1.54, 1.807) is 0 Å². The predicted molar refractivity (Wildman–Crippen MR) is 99.1 cm³/mol. The maximum absolute atomic E-state index is 12.5. The molecule has 4 heteroatoms. The van der Waals surface area contributed by atoms with Crippen molar-refractivity contribution in [3.05, 3.63) is 64.1 Å². The Labute approximate surface area is 151 Å². The topological polar surface area (TPSA) is 29.5 Å². The first kappa shape index (κ1) is 17.0. The number of amides is 1. The molecule has 0 aliphatic heterocycles. The number of carbonyl (C=O) groups is 1. The van der Waals surface area contributed by atoms with Gasteiger partial charge in [0, 0.05) is 17.9 Å². The van der Waals surface area contributed by atoms with Gasteiger partial charge in [0.1, 0.15) is 5.75 Å². The molecule has 0 saturated carbocycles. The van der Waals surface area contributed by atoms with Crippen LogP contribution in [0.3, 0.4) is 0 Å². The lowest BCUT2D eigenvalue weighted by atomic mass is 10.1. The number of rotatable bonds is 6. The molecule has 2 aromatic rings. The molecule has 1 aliphatic carbocycles. The average molecular weight is 388 g/mol. The van der Waals surface area contributed by atoms with Crippen LogP contribution in [-0.4, -0.2) is 24.5 Å². The van der Waals surface area contributed by atoms with Crippen LogP contribution in [0, 0.1) is 0 Å². The van der Waals surface area contributed by atoms with E-state index in [-0.39, 0.29) is 11.9 Å².